The van der Waals surface area contributed by atoms with Crippen LogP contribution in [0.5, 0.6) is 5.75 Å². The number of phenols is 1. The minimum absolute atomic E-state index is 0.303. The Balaban J connectivity index is 1.80. The van der Waals surface area contributed by atoms with Crippen LogP contribution in [0.3, 0.4) is 0 Å². The molecule has 4 nitrogen and oxygen atoms in total. The Kier molecular flexibility index (Phi) is 4.58. The van der Waals surface area contributed by atoms with Crippen molar-refractivity contribution in [2.75, 3.05) is 6.54 Å². The van der Waals surface area contributed by atoms with Gasteiger partial charge in [-0.05, 0) is 44.5 Å². The summed E-state index contributed by atoms with van der Waals surface area (Å²) in [6.07, 6.45) is 4.95. The monoisotopic (exact) mass is 259 g/mol. The Labute approximate surface area is 114 Å². The molecule has 0 spiro atoms. The van der Waals surface area contributed by atoms with E-state index in [9.17, 15) is 5.11 Å². The number of aryl methyl sites for hydroxylation is 1. The Hall–Kier alpha value is -1.81. The van der Waals surface area contributed by atoms with Crippen LogP contribution < -0.4 is 5.32 Å². The maximum absolute atomic E-state index is 9.22. The molecule has 2 N–H and O–H groups in total. The highest BCUT2D eigenvalue weighted by molar-refractivity contribution is 5.26. The van der Waals surface area contributed by atoms with E-state index >= 15 is 0 Å². The predicted octanol–water partition coefficient (Wildman–Crippen LogP) is 2.50. The summed E-state index contributed by atoms with van der Waals surface area (Å²) >= 11 is 0. The summed E-state index contributed by atoms with van der Waals surface area (Å²) in [7, 11) is 0. The number of aromatic nitrogens is 2. The zero-order chi connectivity index (χ0) is 13.7. The molecule has 0 aliphatic rings. The largest absolute Gasteiger partial charge is 0.508 e. The quantitative estimate of drug-likeness (QED) is 0.838. The van der Waals surface area contributed by atoms with E-state index < -0.39 is 0 Å². The molecular weight excluding hydrogens is 238 g/mol. The Morgan fingerprint density at radius 1 is 1.32 bits per heavy atom. The highest BCUT2D eigenvalue weighted by atomic mass is 16.3. The molecular formula is C15H21N3O. The van der Waals surface area contributed by atoms with Crippen LogP contribution in [0.25, 0.3) is 0 Å². The van der Waals surface area contributed by atoms with Crippen molar-refractivity contribution < 1.29 is 5.11 Å². The average Bonchev–Trinajstić information content (AvgIpc) is 2.90. The summed E-state index contributed by atoms with van der Waals surface area (Å²) in [4.78, 5) is 0. The molecule has 0 aliphatic heterocycles. The lowest BCUT2D eigenvalue weighted by Crippen LogP contribution is -2.21. The average molecular weight is 259 g/mol. The van der Waals surface area contributed by atoms with Gasteiger partial charge >= 0.3 is 0 Å². The summed E-state index contributed by atoms with van der Waals surface area (Å²) in [5.74, 6) is 0.317. The van der Waals surface area contributed by atoms with Gasteiger partial charge in [-0.15, -0.1) is 0 Å². The van der Waals surface area contributed by atoms with E-state index in [-0.39, 0.29) is 0 Å². The van der Waals surface area contributed by atoms with Gasteiger partial charge in [-0.3, -0.25) is 4.68 Å². The third-order valence-corrected chi connectivity index (χ3v) is 3.28. The first-order valence-electron chi connectivity index (χ1n) is 6.72. The van der Waals surface area contributed by atoms with Crippen LogP contribution in [0.1, 0.15) is 31.0 Å². The molecule has 4 heteroatoms. The van der Waals surface area contributed by atoms with Crippen LogP contribution in [-0.2, 0) is 13.0 Å². The van der Waals surface area contributed by atoms with Gasteiger partial charge in [0, 0.05) is 24.3 Å². The van der Waals surface area contributed by atoms with Gasteiger partial charge in [0.2, 0.25) is 0 Å². The minimum atomic E-state index is 0.303. The molecule has 1 aromatic heterocycles. The van der Waals surface area contributed by atoms with Gasteiger partial charge < -0.3 is 10.4 Å². The Morgan fingerprint density at radius 3 is 2.68 bits per heavy atom. The lowest BCUT2D eigenvalue weighted by atomic mass is 10.1. The van der Waals surface area contributed by atoms with E-state index in [1.54, 1.807) is 12.1 Å². The normalized spacial score (nSPS) is 12.5. The summed E-state index contributed by atoms with van der Waals surface area (Å²) in [5, 5.41) is 17.0. The number of rotatable bonds is 6. The van der Waals surface area contributed by atoms with Gasteiger partial charge in [0.15, 0.2) is 0 Å². The van der Waals surface area contributed by atoms with E-state index in [1.165, 1.54) is 11.1 Å². The number of benzene rings is 1. The second kappa shape index (κ2) is 6.38. The van der Waals surface area contributed by atoms with E-state index in [2.05, 4.69) is 30.5 Å². The van der Waals surface area contributed by atoms with Gasteiger partial charge in [0.1, 0.15) is 5.75 Å². The second-order valence-electron chi connectivity index (χ2n) is 4.72. The Bertz CT molecular complexity index is 504. The first-order chi connectivity index (χ1) is 9.19. The molecule has 0 amide bonds. The maximum Gasteiger partial charge on any atom is 0.115 e. The molecule has 0 saturated heterocycles. The fraction of sp³-hybridized carbons (Fsp3) is 0.400. The first kappa shape index (κ1) is 13.6. The van der Waals surface area contributed by atoms with Crippen LogP contribution >= 0.6 is 0 Å². The molecule has 102 valence electrons. The van der Waals surface area contributed by atoms with E-state index in [1.807, 2.05) is 23.0 Å². The number of nitrogens with one attached hydrogen (secondary N) is 1. The number of hydrogen-bond donors (Lipinski definition) is 2. The molecule has 1 atom stereocenters. The minimum Gasteiger partial charge on any atom is -0.508 e. The van der Waals surface area contributed by atoms with Crippen molar-refractivity contribution in [1.82, 2.24) is 15.1 Å². The second-order valence-corrected chi connectivity index (χ2v) is 4.72. The zero-order valence-corrected chi connectivity index (χ0v) is 11.5. The van der Waals surface area contributed by atoms with Crippen molar-refractivity contribution in [3.8, 4) is 5.75 Å². The maximum atomic E-state index is 9.22. The zero-order valence-electron chi connectivity index (χ0n) is 11.5. The molecule has 0 saturated carbocycles. The summed E-state index contributed by atoms with van der Waals surface area (Å²) in [6, 6.07) is 7.67. The van der Waals surface area contributed by atoms with Crippen LogP contribution in [0.2, 0.25) is 0 Å². The van der Waals surface area contributed by atoms with Crippen LogP contribution in [-0.4, -0.2) is 21.4 Å². The van der Waals surface area contributed by atoms with Crippen molar-refractivity contribution in [3.63, 3.8) is 0 Å². The molecule has 19 heavy (non-hydrogen) atoms. The third kappa shape index (κ3) is 3.83. The molecule has 0 bridgehead atoms. The molecule has 0 radical (unpaired) electrons. The van der Waals surface area contributed by atoms with Crippen LogP contribution in [0.4, 0.5) is 0 Å². The Morgan fingerprint density at radius 2 is 2.05 bits per heavy atom. The standard InChI is InChI=1S/C15H21N3O/c1-3-18-11-14(10-17-18)12(2)16-9-8-13-4-6-15(19)7-5-13/h4-7,10-12,16,19H,3,8-9H2,1-2H3. The van der Waals surface area contributed by atoms with E-state index in [0.29, 0.717) is 11.8 Å². The molecule has 2 aromatic rings. The van der Waals surface area contributed by atoms with E-state index in [4.69, 9.17) is 0 Å². The lowest BCUT2D eigenvalue weighted by Gasteiger charge is -2.11. The summed E-state index contributed by atoms with van der Waals surface area (Å²) in [5.41, 5.74) is 2.44. The smallest absolute Gasteiger partial charge is 0.115 e. The predicted molar refractivity (Wildman–Crippen MR) is 76.1 cm³/mol. The van der Waals surface area contributed by atoms with Crippen molar-refractivity contribution in [3.05, 3.63) is 47.8 Å². The highest BCUT2D eigenvalue weighted by Crippen LogP contribution is 2.12. The van der Waals surface area contributed by atoms with Crippen molar-refractivity contribution in [2.45, 2.75) is 32.9 Å². The number of phenolic OH excluding ortho intramolecular Hbond substituents is 1. The molecule has 2 rings (SSSR count). The van der Waals surface area contributed by atoms with Crippen LogP contribution in [0.15, 0.2) is 36.7 Å². The molecule has 1 unspecified atom stereocenters. The van der Waals surface area contributed by atoms with Gasteiger partial charge in [-0.2, -0.15) is 5.10 Å². The lowest BCUT2D eigenvalue weighted by molar-refractivity contribution is 0.475. The fourth-order valence-corrected chi connectivity index (χ4v) is 1.99. The van der Waals surface area contributed by atoms with Gasteiger partial charge in [0.05, 0.1) is 6.20 Å². The number of aromatic hydroxyl groups is 1. The van der Waals surface area contributed by atoms with Gasteiger partial charge in [-0.25, -0.2) is 0 Å². The van der Waals surface area contributed by atoms with Crippen LogP contribution in [0, 0.1) is 0 Å². The number of hydrogen-bond acceptors (Lipinski definition) is 3. The first-order valence-corrected chi connectivity index (χ1v) is 6.72. The molecule has 1 heterocycles. The van der Waals surface area contributed by atoms with Gasteiger partial charge in [0.25, 0.3) is 0 Å². The van der Waals surface area contributed by atoms with Gasteiger partial charge in [-0.1, -0.05) is 12.1 Å². The van der Waals surface area contributed by atoms with Crippen molar-refractivity contribution in [1.29, 1.82) is 0 Å². The third-order valence-electron chi connectivity index (χ3n) is 3.28. The summed E-state index contributed by atoms with van der Waals surface area (Å²) < 4.78 is 1.94. The number of nitrogens with zero attached hydrogens (tertiary/aromatic N) is 2. The molecule has 0 fully saturated rings. The SMILES string of the molecule is CCn1cc(C(C)NCCc2ccc(O)cc2)cn1. The topological polar surface area (TPSA) is 50.1 Å². The van der Waals surface area contributed by atoms with Crippen molar-refractivity contribution in [2.24, 2.45) is 0 Å². The summed E-state index contributed by atoms with van der Waals surface area (Å²) in [6.45, 7) is 6.04. The fourth-order valence-electron chi connectivity index (χ4n) is 1.99. The van der Waals surface area contributed by atoms with E-state index in [0.717, 1.165) is 19.5 Å². The van der Waals surface area contributed by atoms with Crippen molar-refractivity contribution >= 4 is 0 Å². The molecule has 0 aliphatic carbocycles. The highest BCUT2D eigenvalue weighted by Gasteiger charge is 2.06. The molecule has 1 aromatic carbocycles.